The first-order valence-electron chi connectivity index (χ1n) is 6.98. The molecule has 112 valence electrons. The third-order valence-corrected chi connectivity index (χ3v) is 3.43. The van der Waals surface area contributed by atoms with Gasteiger partial charge >= 0.3 is 5.97 Å². The van der Waals surface area contributed by atoms with Crippen molar-refractivity contribution < 1.29 is 9.90 Å². The maximum absolute atomic E-state index is 10.8. The standard InChI is InChI=1S/C15H25N3O2/c1-11(2)18(3)9-5-4-8-17-12-6-7-13(15(19)20)14(16)10-12/h6-7,10-11,17H,4-5,8-9,16H2,1-3H3,(H,19,20). The number of anilines is 2. The molecule has 0 saturated carbocycles. The second-order valence-corrected chi connectivity index (χ2v) is 5.32. The van der Waals surface area contributed by atoms with Crippen molar-refractivity contribution >= 4 is 17.3 Å². The molecule has 1 aromatic rings. The van der Waals surface area contributed by atoms with Gasteiger partial charge in [0.05, 0.1) is 5.56 Å². The van der Waals surface area contributed by atoms with Gasteiger partial charge in [-0.2, -0.15) is 0 Å². The van der Waals surface area contributed by atoms with Crippen LogP contribution in [0.3, 0.4) is 0 Å². The van der Waals surface area contributed by atoms with Crippen LogP contribution in [0.5, 0.6) is 0 Å². The third kappa shape index (κ3) is 5.09. The lowest BCUT2D eigenvalue weighted by atomic mass is 10.1. The predicted octanol–water partition coefficient (Wildman–Crippen LogP) is 2.50. The number of nitrogens with two attached hydrogens (primary N) is 1. The molecule has 0 radical (unpaired) electrons. The molecular formula is C15H25N3O2. The van der Waals surface area contributed by atoms with Gasteiger partial charge in [-0.3, -0.25) is 0 Å². The number of rotatable bonds is 8. The van der Waals surface area contributed by atoms with Crippen LogP contribution in [0.1, 0.15) is 37.0 Å². The quantitative estimate of drug-likeness (QED) is 0.503. The topological polar surface area (TPSA) is 78.6 Å². The van der Waals surface area contributed by atoms with E-state index in [-0.39, 0.29) is 5.56 Å². The molecule has 0 spiro atoms. The Labute approximate surface area is 120 Å². The fourth-order valence-corrected chi connectivity index (χ4v) is 1.84. The first kappa shape index (κ1) is 16.3. The average Bonchev–Trinajstić information content (AvgIpc) is 2.37. The Morgan fingerprint density at radius 3 is 2.65 bits per heavy atom. The van der Waals surface area contributed by atoms with Gasteiger partial charge in [-0.15, -0.1) is 0 Å². The van der Waals surface area contributed by atoms with Crippen molar-refractivity contribution in [1.82, 2.24) is 4.90 Å². The number of aromatic carboxylic acids is 1. The number of carboxylic acid groups (broad SMARTS) is 1. The van der Waals surface area contributed by atoms with Crippen LogP contribution in [0.15, 0.2) is 18.2 Å². The molecule has 0 unspecified atom stereocenters. The van der Waals surface area contributed by atoms with Crippen molar-refractivity contribution in [2.75, 3.05) is 31.2 Å². The van der Waals surface area contributed by atoms with Gasteiger partial charge in [-0.1, -0.05) is 0 Å². The van der Waals surface area contributed by atoms with E-state index in [0.717, 1.165) is 31.6 Å². The Bertz CT molecular complexity index is 447. The van der Waals surface area contributed by atoms with Gasteiger partial charge in [0, 0.05) is 24.0 Å². The van der Waals surface area contributed by atoms with E-state index in [2.05, 4.69) is 31.1 Å². The molecule has 0 saturated heterocycles. The van der Waals surface area contributed by atoms with Crippen molar-refractivity contribution in [3.63, 3.8) is 0 Å². The molecule has 0 bridgehead atoms. The number of unbranched alkanes of at least 4 members (excludes halogenated alkanes) is 1. The molecule has 5 heteroatoms. The second kappa shape index (κ2) is 7.75. The summed E-state index contributed by atoms with van der Waals surface area (Å²) in [6, 6.07) is 5.53. The Morgan fingerprint density at radius 1 is 1.40 bits per heavy atom. The van der Waals surface area contributed by atoms with E-state index in [1.807, 2.05) is 0 Å². The Hall–Kier alpha value is -1.75. The number of hydrogen-bond acceptors (Lipinski definition) is 4. The molecule has 0 heterocycles. The number of benzene rings is 1. The van der Waals surface area contributed by atoms with Gasteiger partial charge in [-0.05, 0) is 58.5 Å². The zero-order valence-electron chi connectivity index (χ0n) is 12.5. The normalized spacial score (nSPS) is 11.1. The van der Waals surface area contributed by atoms with E-state index in [0.29, 0.717) is 11.7 Å². The first-order valence-corrected chi connectivity index (χ1v) is 6.98. The second-order valence-electron chi connectivity index (χ2n) is 5.32. The summed E-state index contributed by atoms with van der Waals surface area (Å²) in [6.07, 6.45) is 2.20. The van der Waals surface area contributed by atoms with Crippen LogP contribution in [0.25, 0.3) is 0 Å². The van der Waals surface area contributed by atoms with Crippen molar-refractivity contribution in [2.24, 2.45) is 0 Å². The molecular weight excluding hydrogens is 254 g/mol. The van der Waals surface area contributed by atoms with Gasteiger partial charge in [0.25, 0.3) is 0 Å². The molecule has 4 N–H and O–H groups in total. The Morgan fingerprint density at radius 2 is 2.10 bits per heavy atom. The maximum atomic E-state index is 10.8. The fraction of sp³-hybridized carbons (Fsp3) is 0.533. The third-order valence-electron chi connectivity index (χ3n) is 3.43. The molecule has 5 nitrogen and oxygen atoms in total. The van der Waals surface area contributed by atoms with Gasteiger partial charge in [-0.25, -0.2) is 4.79 Å². The number of hydrogen-bond donors (Lipinski definition) is 3. The van der Waals surface area contributed by atoms with E-state index in [1.165, 1.54) is 6.07 Å². The zero-order chi connectivity index (χ0) is 15.1. The van der Waals surface area contributed by atoms with E-state index in [4.69, 9.17) is 10.8 Å². The molecule has 0 aromatic heterocycles. The van der Waals surface area contributed by atoms with Crippen LogP contribution in [-0.4, -0.2) is 42.2 Å². The van der Waals surface area contributed by atoms with E-state index in [1.54, 1.807) is 12.1 Å². The monoisotopic (exact) mass is 279 g/mol. The summed E-state index contributed by atoms with van der Waals surface area (Å²) >= 11 is 0. The SMILES string of the molecule is CC(C)N(C)CCCCNc1ccc(C(=O)O)c(N)c1. The summed E-state index contributed by atoms with van der Waals surface area (Å²) in [4.78, 5) is 13.2. The molecule has 0 fully saturated rings. The van der Waals surface area contributed by atoms with E-state index >= 15 is 0 Å². The molecule has 1 rings (SSSR count). The Balaban J connectivity index is 2.32. The Kier molecular flexibility index (Phi) is 6.31. The average molecular weight is 279 g/mol. The minimum absolute atomic E-state index is 0.147. The highest BCUT2D eigenvalue weighted by atomic mass is 16.4. The molecule has 0 amide bonds. The lowest BCUT2D eigenvalue weighted by Gasteiger charge is -2.20. The van der Waals surface area contributed by atoms with Gasteiger partial charge in [0.2, 0.25) is 0 Å². The van der Waals surface area contributed by atoms with Crippen molar-refractivity contribution in [3.05, 3.63) is 23.8 Å². The zero-order valence-corrected chi connectivity index (χ0v) is 12.5. The van der Waals surface area contributed by atoms with Crippen LogP contribution in [0.4, 0.5) is 11.4 Å². The highest BCUT2D eigenvalue weighted by Gasteiger charge is 2.07. The van der Waals surface area contributed by atoms with Crippen molar-refractivity contribution in [3.8, 4) is 0 Å². The summed E-state index contributed by atoms with van der Waals surface area (Å²) in [7, 11) is 2.13. The van der Waals surface area contributed by atoms with Crippen LogP contribution in [-0.2, 0) is 0 Å². The number of nitrogens with one attached hydrogen (secondary N) is 1. The van der Waals surface area contributed by atoms with Crippen LogP contribution >= 0.6 is 0 Å². The summed E-state index contributed by atoms with van der Waals surface area (Å²) in [6.45, 7) is 6.31. The van der Waals surface area contributed by atoms with Crippen LogP contribution in [0, 0.1) is 0 Å². The highest BCUT2D eigenvalue weighted by Crippen LogP contribution is 2.18. The maximum Gasteiger partial charge on any atom is 0.337 e. The fourth-order valence-electron chi connectivity index (χ4n) is 1.84. The molecule has 20 heavy (non-hydrogen) atoms. The van der Waals surface area contributed by atoms with E-state index < -0.39 is 5.97 Å². The van der Waals surface area contributed by atoms with Crippen LogP contribution < -0.4 is 11.1 Å². The molecule has 0 aliphatic heterocycles. The molecule has 0 aliphatic carbocycles. The summed E-state index contributed by atoms with van der Waals surface area (Å²) in [5.74, 6) is -0.995. The van der Waals surface area contributed by atoms with Gasteiger partial charge in [0.1, 0.15) is 0 Å². The summed E-state index contributed by atoms with van der Waals surface area (Å²) in [5.41, 5.74) is 7.00. The first-order chi connectivity index (χ1) is 9.41. The van der Waals surface area contributed by atoms with Gasteiger partial charge in [0.15, 0.2) is 0 Å². The summed E-state index contributed by atoms with van der Waals surface area (Å²) < 4.78 is 0. The highest BCUT2D eigenvalue weighted by molar-refractivity contribution is 5.94. The lowest BCUT2D eigenvalue weighted by Crippen LogP contribution is -2.27. The smallest absolute Gasteiger partial charge is 0.337 e. The molecule has 0 aliphatic rings. The number of carboxylic acids is 1. The minimum Gasteiger partial charge on any atom is -0.478 e. The lowest BCUT2D eigenvalue weighted by molar-refractivity contribution is 0.0698. The summed E-state index contributed by atoms with van der Waals surface area (Å²) in [5, 5.41) is 12.2. The number of nitrogens with zero attached hydrogens (tertiary/aromatic N) is 1. The van der Waals surface area contributed by atoms with Crippen molar-refractivity contribution in [2.45, 2.75) is 32.7 Å². The van der Waals surface area contributed by atoms with Crippen molar-refractivity contribution in [1.29, 1.82) is 0 Å². The minimum atomic E-state index is -0.995. The number of carbonyl (C=O) groups is 1. The predicted molar refractivity (Wildman–Crippen MR) is 83.3 cm³/mol. The van der Waals surface area contributed by atoms with E-state index in [9.17, 15) is 4.79 Å². The van der Waals surface area contributed by atoms with Crippen LogP contribution in [0.2, 0.25) is 0 Å². The van der Waals surface area contributed by atoms with Gasteiger partial charge < -0.3 is 21.1 Å². The molecule has 1 aromatic carbocycles. The molecule has 0 atom stereocenters. The largest absolute Gasteiger partial charge is 0.478 e. The number of nitrogen functional groups attached to an aromatic ring is 1.